The number of halogens is 2. The number of rotatable bonds is 7. The van der Waals surface area contributed by atoms with Gasteiger partial charge in [-0.2, -0.15) is 0 Å². The van der Waals surface area contributed by atoms with Crippen molar-refractivity contribution in [2.24, 2.45) is 0 Å². The number of aromatic carboxylic acids is 1. The highest BCUT2D eigenvalue weighted by Crippen LogP contribution is 2.31. The van der Waals surface area contributed by atoms with Crippen molar-refractivity contribution in [2.45, 2.75) is 39.7 Å². The maximum Gasteiger partial charge on any atom is 0.337 e. The summed E-state index contributed by atoms with van der Waals surface area (Å²) in [5.74, 6) is -0.283. The van der Waals surface area contributed by atoms with Gasteiger partial charge < -0.3 is 9.84 Å². The average molecular weight is 444 g/mol. The van der Waals surface area contributed by atoms with E-state index in [-0.39, 0.29) is 11.7 Å². The second-order valence-electron chi connectivity index (χ2n) is 7.44. The SMILES string of the molecule is Cc1ccc(OC(C)C)c(-c2ccc(C(=O)O)c(CCc3cc(Cl)cc(Cl)c3)n2)c1. The van der Waals surface area contributed by atoms with Gasteiger partial charge in [-0.15, -0.1) is 0 Å². The van der Waals surface area contributed by atoms with Crippen LogP contribution in [0.5, 0.6) is 5.75 Å². The largest absolute Gasteiger partial charge is 0.490 e. The Balaban J connectivity index is 1.99. The Bertz CT molecular complexity index is 1060. The standard InChI is InChI=1S/C24H23Cl2NO3/c1-14(2)30-23-9-4-15(3)10-20(23)22-8-6-19(24(28)29)21(27-22)7-5-16-11-17(25)13-18(26)12-16/h4,6,8-14H,5,7H2,1-3H3,(H,28,29). The van der Waals surface area contributed by atoms with Crippen molar-refractivity contribution in [1.29, 1.82) is 0 Å². The molecule has 4 nitrogen and oxygen atoms in total. The zero-order chi connectivity index (χ0) is 21.8. The summed E-state index contributed by atoms with van der Waals surface area (Å²) in [6, 6.07) is 14.6. The van der Waals surface area contributed by atoms with E-state index in [0.717, 1.165) is 22.4 Å². The molecule has 3 aromatic rings. The van der Waals surface area contributed by atoms with E-state index in [9.17, 15) is 9.90 Å². The van der Waals surface area contributed by atoms with Crippen LogP contribution in [0, 0.1) is 6.92 Å². The van der Waals surface area contributed by atoms with Gasteiger partial charge in [-0.05, 0) is 81.6 Å². The first-order valence-electron chi connectivity index (χ1n) is 9.69. The second kappa shape index (κ2) is 9.50. The quantitative estimate of drug-likeness (QED) is 0.444. The first-order valence-corrected chi connectivity index (χ1v) is 10.4. The van der Waals surface area contributed by atoms with Crippen molar-refractivity contribution < 1.29 is 14.6 Å². The molecule has 0 amide bonds. The average Bonchev–Trinajstić information content (AvgIpc) is 2.66. The Labute approximate surface area is 186 Å². The van der Waals surface area contributed by atoms with Crippen LogP contribution in [0.25, 0.3) is 11.3 Å². The topological polar surface area (TPSA) is 59.4 Å². The lowest BCUT2D eigenvalue weighted by molar-refractivity contribution is 0.0695. The van der Waals surface area contributed by atoms with E-state index in [0.29, 0.717) is 34.3 Å². The predicted octanol–water partition coefficient (Wildman–Crippen LogP) is 6.63. The zero-order valence-electron chi connectivity index (χ0n) is 17.1. The fourth-order valence-electron chi connectivity index (χ4n) is 3.26. The van der Waals surface area contributed by atoms with Gasteiger partial charge in [0.1, 0.15) is 5.75 Å². The molecule has 0 radical (unpaired) electrons. The summed E-state index contributed by atoms with van der Waals surface area (Å²) in [6.45, 7) is 5.93. The highest BCUT2D eigenvalue weighted by Gasteiger charge is 2.16. The molecular formula is C24H23Cl2NO3. The molecule has 0 aliphatic rings. The molecule has 0 spiro atoms. The molecule has 1 heterocycles. The van der Waals surface area contributed by atoms with Crippen molar-refractivity contribution in [3.63, 3.8) is 0 Å². The molecule has 0 saturated heterocycles. The highest BCUT2D eigenvalue weighted by atomic mass is 35.5. The van der Waals surface area contributed by atoms with Crippen LogP contribution in [0.15, 0.2) is 48.5 Å². The molecule has 6 heteroatoms. The summed E-state index contributed by atoms with van der Waals surface area (Å²) >= 11 is 12.2. The van der Waals surface area contributed by atoms with Crippen molar-refractivity contribution >= 4 is 29.2 Å². The van der Waals surface area contributed by atoms with Gasteiger partial charge >= 0.3 is 5.97 Å². The van der Waals surface area contributed by atoms with E-state index in [1.54, 1.807) is 18.2 Å². The third kappa shape index (κ3) is 5.53. The summed E-state index contributed by atoms with van der Waals surface area (Å²) in [7, 11) is 0. The number of ether oxygens (including phenoxy) is 1. The Morgan fingerprint density at radius 2 is 1.73 bits per heavy atom. The van der Waals surface area contributed by atoms with Gasteiger partial charge in [0.05, 0.1) is 23.1 Å². The molecule has 0 fully saturated rings. The van der Waals surface area contributed by atoms with Crippen molar-refractivity contribution in [3.8, 4) is 17.0 Å². The van der Waals surface area contributed by atoms with Crippen molar-refractivity contribution in [3.05, 3.63) is 81.0 Å². The monoisotopic (exact) mass is 443 g/mol. The molecule has 1 N–H and O–H groups in total. The van der Waals surface area contributed by atoms with Crippen LogP contribution in [0.3, 0.4) is 0 Å². The lowest BCUT2D eigenvalue weighted by Gasteiger charge is -2.16. The number of aryl methyl sites for hydroxylation is 3. The maximum atomic E-state index is 11.7. The number of benzene rings is 2. The van der Waals surface area contributed by atoms with Crippen LogP contribution in [-0.4, -0.2) is 22.2 Å². The summed E-state index contributed by atoms with van der Waals surface area (Å²) < 4.78 is 5.94. The summed E-state index contributed by atoms with van der Waals surface area (Å²) in [5.41, 5.74) is 4.21. The van der Waals surface area contributed by atoms with E-state index < -0.39 is 5.97 Å². The Kier molecular flexibility index (Phi) is 7.01. The molecule has 0 bridgehead atoms. The van der Waals surface area contributed by atoms with Crippen molar-refractivity contribution in [2.75, 3.05) is 0 Å². The van der Waals surface area contributed by atoms with Gasteiger partial charge in [0.15, 0.2) is 0 Å². The number of nitrogens with zero attached hydrogens (tertiary/aromatic N) is 1. The first-order chi connectivity index (χ1) is 14.2. The molecule has 0 aliphatic heterocycles. The maximum absolute atomic E-state index is 11.7. The molecule has 0 atom stereocenters. The normalized spacial score (nSPS) is 11.0. The van der Waals surface area contributed by atoms with E-state index in [4.69, 9.17) is 32.9 Å². The van der Waals surface area contributed by atoms with Crippen LogP contribution in [0.2, 0.25) is 10.0 Å². The fourth-order valence-corrected chi connectivity index (χ4v) is 3.83. The number of pyridine rings is 1. The minimum absolute atomic E-state index is 0.0109. The van der Waals surface area contributed by atoms with Gasteiger partial charge in [0.25, 0.3) is 0 Å². The number of carbonyl (C=O) groups is 1. The molecule has 0 saturated carbocycles. The van der Waals surface area contributed by atoms with Gasteiger partial charge in [-0.1, -0.05) is 34.8 Å². The van der Waals surface area contributed by atoms with E-state index in [2.05, 4.69) is 0 Å². The lowest BCUT2D eigenvalue weighted by Crippen LogP contribution is -2.09. The van der Waals surface area contributed by atoms with Gasteiger partial charge in [0.2, 0.25) is 0 Å². The van der Waals surface area contributed by atoms with Crippen molar-refractivity contribution in [1.82, 2.24) is 4.98 Å². The van der Waals surface area contributed by atoms with Gasteiger partial charge in [0, 0.05) is 15.6 Å². The molecular weight excluding hydrogens is 421 g/mol. The third-order valence-corrected chi connectivity index (χ3v) is 4.99. The smallest absolute Gasteiger partial charge is 0.337 e. The number of carboxylic acids is 1. The van der Waals surface area contributed by atoms with Crippen LogP contribution in [0.1, 0.15) is 41.0 Å². The van der Waals surface area contributed by atoms with Crippen LogP contribution < -0.4 is 4.74 Å². The van der Waals surface area contributed by atoms with Crippen LogP contribution >= 0.6 is 23.2 Å². The lowest BCUT2D eigenvalue weighted by atomic mass is 10.0. The summed E-state index contributed by atoms with van der Waals surface area (Å²) in [6.07, 6.45) is 1.02. The van der Waals surface area contributed by atoms with Gasteiger partial charge in [-0.3, -0.25) is 4.98 Å². The molecule has 1 aromatic heterocycles. The third-order valence-electron chi connectivity index (χ3n) is 4.55. The Hall–Kier alpha value is -2.56. The number of aromatic nitrogens is 1. The van der Waals surface area contributed by atoms with E-state index in [1.165, 1.54) is 0 Å². The minimum Gasteiger partial charge on any atom is -0.490 e. The fraction of sp³-hybridized carbons (Fsp3) is 0.250. The zero-order valence-corrected chi connectivity index (χ0v) is 18.6. The van der Waals surface area contributed by atoms with Gasteiger partial charge in [-0.25, -0.2) is 4.79 Å². The highest BCUT2D eigenvalue weighted by molar-refractivity contribution is 6.34. The minimum atomic E-state index is -1.00. The molecule has 0 aliphatic carbocycles. The Morgan fingerprint density at radius 3 is 2.37 bits per heavy atom. The number of carboxylic acid groups (broad SMARTS) is 1. The predicted molar refractivity (Wildman–Crippen MR) is 121 cm³/mol. The molecule has 2 aromatic carbocycles. The summed E-state index contributed by atoms with van der Waals surface area (Å²) in [5, 5.41) is 10.7. The first kappa shape index (κ1) is 22.1. The number of hydrogen-bond donors (Lipinski definition) is 1. The molecule has 30 heavy (non-hydrogen) atoms. The van der Waals surface area contributed by atoms with Crippen LogP contribution in [-0.2, 0) is 12.8 Å². The number of hydrogen-bond acceptors (Lipinski definition) is 3. The summed E-state index contributed by atoms with van der Waals surface area (Å²) in [4.78, 5) is 16.5. The molecule has 0 unspecified atom stereocenters. The van der Waals surface area contributed by atoms with E-state index >= 15 is 0 Å². The Morgan fingerprint density at radius 1 is 1.03 bits per heavy atom. The molecule has 3 rings (SSSR count). The molecule has 156 valence electrons. The second-order valence-corrected chi connectivity index (χ2v) is 8.31. The van der Waals surface area contributed by atoms with Crippen LogP contribution in [0.4, 0.5) is 0 Å². The van der Waals surface area contributed by atoms with E-state index in [1.807, 2.05) is 51.1 Å².